The average Bonchev–Trinajstić information content (AvgIpc) is 2.48. The third kappa shape index (κ3) is 4.50. The quantitative estimate of drug-likeness (QED) is 0.886. The highest BCUT2D eigenvalue weighted by atomic mass is 19.1. The minimum absolute atomic E-state index is 0.0584. The minimum atomic E-state index is -0.233. The van der Waals surface area contributed by atoms with E-state index >= 15 is 0 Å². The van der Waals surface area contributed by atoms with Gasteiger partial charge in [-0.05, 0) is 69.7 Å². The lowest BCUT2D eigenvalue weighted by Crippen LogP contribution is -2.36. The smallest absolute Gasteiger partial charge is 0.123 e. The van der Waals surface area contributed by atoms with Crippen LogP contribution in [0.5, 0.6) is 0 Å². The summed E-state index contributed by atoms with van der Waals surface area (Å²) in [5.74, 6) is -0.233. The van der Waals surface area contributed by atoms with E-state index in [9.17, 15) is 4.39 Å². The molecule has 1 aromatic carbocycles. The highest BCUT2D eigenvalue weighted by Gasteiger charge is 2.11. The van der Waals surface area contributed by atoms with Crippen molar-refractivity contribution in [2.45, 2.75) is 33.2 Å². The second-order valence-corrected chi connectivity index (χ2v) is 6.33. The van der Waals surface area contributed by atoms with Gasteiger partial charge in [0.2, 0.25) is 0 Å². The Morgan fingerprint density at radius 1 is 1.14 bits per heavy atom. The molecule has 116 valence electrons. The summed E-state index contributed by atoms with van der Waals surface area (Å²) in [6.07, 6.45) is 2.08. The summed E-state index contributed by atoms with van der Waals surface area (Å²) < 4.78 is 13.0. The zero-order valence-electron chi connectivity index (χ0n) is 13.7. The Bertz CT molecular complexity index is 652. The largest absolute Gasteiger partial charge is 0.308 e. The van der Waals surface area contributed by atoms with Crippen molar-refractivity contribution in [2.24, 2.45) is 0 Å². The number of halogens is 1. The van der Waals surface area contributed by atoms with E-state index in [1.54, 1.807) is 12.1 Å². The Hall–Kier alpha value is -2.00. The summed E-state index contributed by atoms with van der Waals surface area (Å²) in [7, 11) is 0. The van der Waals surface area contributed by atoms with Gasteiger partial charge in [0, 0.05) is 17.6 Å². The van der Waals surface area contributed by atoms with Crippen molar-refractivity contribution < 1.29 is 4.39 Å². The molecule has 0 unspecified atom stereocenters. The molecule has 0 aliphatic heterocycles. The predicted molar refractivity (Wildman–Crippen MR) is 91.0 cm³/mol. The van der Waals surface area contributed by atoms with E-state index in [-0.39, 0.29) is 11.4 Å². The van der Waals surface area contributed by atoms with Crippen LogP contribution in [0.2, 0.25) is 0 Å². The first kappa shape index (κ1) is 16.4. The first-order chi connectivity index (χ1) is 10.4. The van der Waals surface area contributed by atoms with Crippen molar-refractivity contribution >= 4 is 5.57 Å². The maximum atomic E-state index is 13.0. The summed E-state index contributed by atoms with van der Waals surface area (Å²) in [6, 6.07) is 12.4. The van der Waals surface area contributed by atoms with Gasteiger partial charge in [-0.2, -0.15) is 0 Å². The summed E-state index contributed by atoms with van der Waals surface area (Å²) in [5, 5.41) is 3.48. The first-order valence-electron chi connectivity index (χ1n) is 7.52. The van der Waals surface area contributed by atoms with Gasteiger partial charge in [-0.3, -0.25) is 0 Å². The number of nitrogens with one attached hydrogen (secondary N) is 1. The van der Waals surface area contributed by atoms with Crippen LogP contribution in [-0.4, -0.2) is 17.1 Å². The summed E-state index contributed by atoms with van der Waals surface area (Å²) in [5.41, 5.74) is 3.93. The van der Waals surface area contributed by atoms with Crippen LogP contribution in [0.3, 0.4) is 0 Å². The zero-order chi connectivity index (χ0) is 16.2. The van der Waals surface area contributed by atoms with Crippen LogP contribution in [0.1, 0.15) is 33.4 Å². The van der Waals surface area contributed by atoms with Gasteiger partial charge in [-0.1, -0.05) is 12.1 Å². The van der Waals surface area contributed by atoms with Crippen molar-refractivity contribution in [3.05, 3.63) is 60.1 Å². The molecule has 0 bridgehead atoms. The molecule has 1 aromatic heterocycles. The third-order valence-electron chi connectivity index (χ3n) is 3.38. The molecule has 0 radical (unpaired) electrons. The van der Waals surface area contributed by atoms with Crippen molar-refractivity contribution in [3.63, 3.8) is 0 Å². The van der Waals surface area contributed by atoms with E-state index in [0.717, 1.165) is 29.1 Å². The summed E-state index contributed by atoms with van der Waals surface area (Å²) in [6.45, 7) is 9.21. The fraction of sp³-hybridized carbons (Fsp3) is 0.316. The SMILES string of the molecule is C/C=C(/CNC(C)(C)C)c1cccc(-c2ccc(F)cc2)n1. The van der Waals surface area contributed by atoms with Gasteiger partial charge < -0.3 is 5.32 Å². The van der Waals surface area contributed by atoms with Crippen LogP contribution in [0.15, 0.2) is 48.5 Å². The molecule has 1 N–H and O–H groups in total. The molecular formula is C19H23FN2. The average molecular weight is 298 g/mol. The van der Waals surface area contributed by atoms with Crippen LogP contribution >= 0.6 is 0 Å². The fourth-order valence-corrected chi connectivity index (χ4v) is 2.10. The van der Waals surface area contributed by atoms with Crippen molar-refractivity contribution in [1.82, 2.24) is 10.3 Å². The Balaban J connectivity index is 2.25. The maximum absolute atomic E-state index is 13.0. The van der Waals surface area contributed by atoms with Crippen LogP contribution < -0.4 is 5.32 Å². The molecule has 0 atom stereocenters. The van der Waals surface area contributed by atoms with Gasteiger partial charge in [-0.15, -0.1) is 0 Å². The van der Waals surface area contributed by atoms with E-state index in [1.165, 1.54) is 12.1 Å². The molecule has 0 saturated heterocycles. The van der Waals surface area contributed by atoms with Gasteiger partial charge in [0.15, 0.2) is 0 Å². The number of hydrogen-bond donors (Lipinski definition) is 1. The Labute approximate surface area is 132 Å². The standard InChI is InChI=1S/C19H23FN2/c1-5-14(13-21-19(2,3)4)17-7-6-8-18(22-17)15-9-11-16(20)12-10-15/h5-12,21H,13H2,1-4H3/b14-5-. The number of rotatable bonds is 4. The molecule has 22 heavy (non-hydrogen) atoms. The number of benzene rings is 1. The Morgan fingerprint density at radius 3 is 2.41 bits per heavy atom. The number of aromatic nitrogens is 1. The van der Waals surface area contributed by atoms with E-state index in [2.05, 4.69) is 32.2 Å². The van der Waals surface area contributed by atoms with Crippen molar-refractivity contribution in [1.29, 1.82) is 0 Å². The molecule has 0 fully saturated rings. The van der Waals surface area contributed by atoms with Crippen LogP contribution in [-0.2, 0) is 0 Å². The normalized spacial score (nSPS) is 12.5. The number of allylic oxidation sites excluding steroid dienone is 1. The molecule has 2 rings (SSSR count). The van der Waals surface area contributed by atoms with Crippen LogP contribution in [0, 0.1) is 5.82 Å². The van der Waals surface area contributed by atoms with E-state index in [1.807, 2.05) is 25.1 Å². The van der Waals surface area contributed by atoms with E-state index < -0.39 is 0 Å². The molecule has 2 aromatic rings. The van der Waals surface area contributed by atoms with Crippen LogP contribution in [0.4, 0.5) is 4.39 Å². The highest BCUT2D eigenvalue weighted by Crippen LogP contribution is 2.20. The molecular weight excluding hydrogens is 275 g/mol. The molecule has 3 heteroatoms. The second-order valence-electron chi connectivity index (χ2n) is 6.33. The Kier molecular flexibility index (Phi) is 5.09. The van der Waals surface area contributed by atoms with E-state index in [4.69, 9.17) is 4.98 Å². The summed E-state index contributed by atoms with van der Waals surface area (Å²) >= 11 is 0. The zero-order valence-corrected chi connectivity index (χ0v) is 13.7. The lowest BCUT2D eigenvalue weighted by molar-refractivity contribution is 0.452. The van der Waals surface area contributed by atoms with Gasteiger partial charge in [-0.25, -0.2) is 9.37 Å². The van der Waals surface area contributed by atoms with Crippen LogP contribution in [0.25, 0.3) is 16.8 Å². The molecule has 1 heterocycles. The summed E-state index contributed by atoms with van der Waals surface area (Å²) in [4.78, 5) is 4.71. The lowest BCUT2D eigenvalue weighted by atomic mass is 10.1. The fourth-order valence-electron chi connectivity index (χ4n) is 2.10. The molecule has 0 saturated carbocycles. The topological polar surface area (TPSA) is 24.9 Å². The molecule has 0 spiro atoms. The highest BCUT2D eigenvalue weighted by molar-refractivity contribution is 5.67. The molecule has 0 aliphatic rings. The van der Waals surface area contributed by atoms with Gasteiger partial charge >= 0.3 is 0 Å². The van der Waals surface area contributed by atoms with Crippen molar-refractivity contribution in [2.75, 3.05) is 6.54 Å². The maximum Gasteiger partial charge on any atom is 0.123 e. The minimum Gasteiger partial charge on any atom is -0.308 e. The predicted octanol–water partition coefficient (Wildman–Crippen LogP) is 4.68. The number of pyridine rings is 1. The van der Waals surface area contributed by atoms with Gasteiger partial charge in [0.25, 0.3) is 0 Å². The number of hydrogen-bond acceptors (Lipinski definition) is 2. The van der Waals surface area contributed by atoms with E-state index in [0.29, 0.717) is 0 Å². The van der Waals surface area contributed by atoms with Gasteiger partial charge in [0.1, 0.15) is 5.82 Å². The Morgan fingerprint density at radius 2 is 1.82 bits per heavy atom. The third-order valence-corrected chi connectivity index (χ3v) is 3.38. The second kappa shape index (κ2) is 6.84. The first-order valence-corrected chi connectivity index (χ1v) is 7.52. The molecule has 0 amide bonds. The molecule has 2 nitrogen and oxygen atoms in total. The monoisotopic (exact) mass is 298 g/mol. The van der Waals surface area contributed by atoms with Gasteiger partial charge in [0.05, 0.1) is 11.4 Å². The lowest BCUT2D eigenvalue weighted by Gasteiger charge is -2.21. The number of nitrogens with zero attached hydrogens (tertiary/aromatic N) is 1. The molecule has 0 aliphatic carbocycles. The van der Waals surface area contributed by atoms with Crippen molar-refractivity contribution in [3.8, 4) is 11.3 Å².